The van der Waals surface area contributed by atoms with Gasteiger partial charge in [-0.25, -0.2) is 8.42 Å². The van der Waals surface area contributed by atoms with E-state index in [-0.39, 0.29) is 11.4 Å². The molecule has 0 bridgehead atoms. The third-order valence-electron chi connectivity index (χ3n) is 5.29. The Kier molecular flexibility index (Phi) is 9.07. The van der Waals surface area contributed by atoms with E-state index >= 15 is 0 Å². The van der Waals surface area contributed by atoms with Crippen molar-refractivity contribution in [1.29, 1.82) is 0 Å². The second-order valence-corrected chi connectivity index (χ2v) is 9.40. The number of benzene rings is 3. The molecule has 39 heavy (non-hydrogen) atoms. The van der Waals surface area contributed by atoms with Crippen LogP contribution in [0.1, 0.15) is 11.1 Å². The Morgan fingerprint density at radius 2 is 1.33 bits per heavy atom. The van der Waals surface area contributed by atoms with Gasteiger partial charge < -0.3 is 28.4 Å². The summed E-state index contributed by atoms with van der Waals surface area (Å²) in [6.07, 6.45) is -1.71. The minimum atomic E-state index is -4.98. The Bertz CT molecular complexity index is 1430. The lowest BCUT2D eigenvalue weighted by molar-refractivity contribution is -0.274. The SMILES string of the molecule is COc1cc(C=Cc2cc(OC)c(OC)c(OC)c2)c(NS(=O)(=O)c2cccc(OC(F)(F)F)c2)cc1OC. The molecule has 0 unspecified atom stereocenters. The van der Waals surface area contributed by atoms with Crippen molar-refractivity contribution in [3.8, 4) is 34.5 Å². The number of ether oxygens (including phenoxy) is 6. The van der Waals surface area contributed by atoms with Crippen LogP contribution in [0, 0.1) is 0 Å². The lowest BCUT2D eigenvalue weighted by Gasteiger charge is -2.16. The van der Waals surface area contributed by atoms with Gasteiger partial charge in [0.1, 0.15) is 5.75 Å². The molecule has 0 aliphatic carbocycles. The van der Waals surface area contributed by atoms with Gasteiger partial charge in [0.15, 0.2) is 23.0 Å². The van der Waals surface area contributed by atoms with Gasteiger partial charge in [-0.2, -0.15) is 0 Å². The molecule has 0 spiro atoms. The Balaban J connectivity index is 2.06. The third-order valence-corrected chi connectivity index (χ3v) is 6.65. The standard InChI is InChI=1S/C26H26F3NO8S/c1-33-21-13-17(10-9-16-11-23(35-3)25(37-5)24(12-16)36-4)20(15-22(21)34-2)30-39(31,32)19-8-6-7-18(14-19)38-26(27,28)29/h6-15,30H,1-5H3. The first-order valence-electron chi connectivity index (χ1n) is 11.1. The van der Waals surface area contributed by atoms with Gasteiger partial charge in [-0.15, -0.1) is 13.2 Å². The van der Waals surface area contributed by atoms with Crippen LogP contribution in [0.2, 0.25) is 0 Å². The average molecular weight is 570 g/mol. The number of alkyl halides is 3. The highest BCUT2D eigenvalue weighted by molar-refractivity contribution is 7.92. The minimum Gasteiger partial charge on any atom is -0.493 e. The summed E-state index contributed by atoms with van der Waals surface area (Å²) < 4.78 is 97.2. The fraction of sp³-hybridized carbons (Fsp3) is 0.231. The van der Waals surface area contributed by atoms with Crippen LogP contribution >= 0.6 is 0 Å². The molecule has 210 valence electrons. The second kappa shape index (κ2) is 12.1. The van der Waals surface area contributed by atoms with Crippen molar-refractivity contribution in [2.45, 2.75) is 11.3 Å². The number of anilines is 1. The number of hydrogen-bond donors (Lipinski definition) is 1. The van der Waals surface area contributed by atoms with Gasteiger partial charge in [-0.1, -0.05) is 18.2 Å². The van der Waals surface area contributed by atoms with Crippen LogP contribution in [-0.2, 0) is 10.0 Å². The summed E-state index contributed by atoms with van der Waals surface area (Å²) in [4.78, 5) is -0.446. The van der Waals surface area contributed by atoms with E-state index in [1.54, 1.807) is 24.3 Å². The summed E-state index contributed by atoms with van der Waals surface area (Å²) in [5.74, 6) is 1.06. The Morgan fingerprint density at radius 1 is 0.744 bits per heavy atom. The predicted octanol–water partition coefficient (Wildman–Crippen LogP) is 5.60. The molecule has 0 saturated carbocycles. The maximum Gasteiger partial charge on any atom is 0.573 e. The van der Waals surface area contributed by atoms with Gasteiger partial charge in [0.25, 0.3) is 10.0 Å². The number of halogens is 3. The molecule has 3 aromatic rings. The van der Waals surface area contributed by atoms with E-state index in [2.05, 4.69) is 9.46 Å². The van der Waals surface area contributed by atoms with Crippen LogP contribution in [0.3, 0.4) is 0 Å². The smallest absolute Gasteiger partial charge is 0.493 e. The Hall–Kier alpha value is -4.26. The van der Waals surface area contributed by atoms with E-state index in [1.807, 2.05) is 0 Å². The third kappa shape index (κ3) is 7.19. The molecular weight excluding hydrogens is 543 g/mol. The van der Waals surface area contributed by atoms with Crippen LogP contribution in [-0.4, -0.2) is 50.3 Å². The first kappa shape index (κ1) is 29.3. The molecule has 0 amide bonds. The normalized spacial score (nSPS) is 11.7. The highest BCUT2D eigenvalue weighted by Crippen LogP contribution is 2.40. The van der Waals surface area contributed by atoms with Gasteiger partial charge in [-0.3, -0.25) is 4.72 Å². The van der Waals surface area contributed by atoms with Gasteiger partial charge in [0.05, 0.1) is 46.1 Å². The van der Waals surface area contributed by atoms with Crippen molar-refractivity contribution in [2.75, 3.05) is 40.3 Å². The summed E-state index contributed by atoms with van der Waals surface area (Å²) in [6, 6.07) is 10.3. The lowest BCUT2D eigenvalue weighted by Crippen LogP contribution is -2.18. The van der Waals surface area contributed by atoms with Crippen molar-refractivity contribution in [2.24, 2.45) is 0 Å². The van der Waals surface area contributed by atoms with E-state index in [9.17, 15) is 21.6 Å². The largest absolute Gasteiger partial charge is 0.573 e. The minimum absolute atomic E-state index is 0.0680. The molecule has 1 N–H and O–H groups in total. The molecule has 0 aliphatic heterocycles. The van der Waals surface area contributed by atoms with Crippen LogP contribution < -0.4 is 33.1 Å². The van der Waals surface area contributed by atoms with Crippen molar-refractivity contribution >= 4 is 27.9 Å². The molecule has 0 saturated heterocycles. The van der Waals surface area contributed by atoms with E-state index < -0.39 is 27.0 Å². The zero-order chi connectivity index (χ0) is 28.8. The molecule has 0 heterocycles. The summed E-state index contributed by atoms with van der Waals surface area (Å²) in [5, 5.41) is 0. The molecule has 0 aromatic heterocycles. The maximum atomic E-state index is 13.1. The highest BCUT2D eigenvalue weighted by Gasteiger charge is 2.31. The number of rotatable bonds is 11. The van der Waals surface area contributed by atoms with Gasteiger partial charge >= 0.3 is 6.36 Å². The van der Waals surface area contributed by atoms with Crippen LogP contribution in [0.5, 0.6) is 34.5 Å². The molecular formula is C26H26F3NO8S. The quantitative estimate of drug-likeness (QED) is 0.298. The number of nitrogens with one attached hydrogen (secondary N) is 1. The van der Waals surface area contributed by atoms with E-state index in [0.717, 1.165) is 24.3 Å². The first-order valence-corrected chi connectivity index (χ1v) is 12.6. The van der Waals surface area contributed by atoms with Gasteiger partial charge in [-0.05, 0) is 35.9 Å². The molecule has 13 heteroatoms. The highest BCUT2D eigenvalue weighted by atomic mass is 32.2. The van der Waals surface area contributed by atoms with Gasteiger partial charge in [0.2, 0.25) is 5.75 Å². The van der Waals surface area contributed by atoms with Crippen molar-refractivity contribution in [1.82, 2.24) is 0 Å². The monoisotopic (exact) mass is 569 g/mol. The summed E-state index contributed by atoms with van der Waals surface area (Å²) >= 11 is 0. The summed E-state index contributed by atoms with van der Waals surface area (Å²) in [5.41, 5.74) is 1.05. The molecule has 9 nitrogen and oxygen atoms in total. The number of methoxy groups -OCH3 is 5. The van der Waals surface area contributed by atoms with Crippen LogP contribution in [0.15, 0.2) is 53.4 Å². The fourth-order valence-electron chi connectivity index (χ4n) is 3.55. The molecule has 3 aromatic carbocycles. The molecule has 0 radical (unpaired) electrons. The summed E-state index contributed by atoms with van der Waals surface area (Å²) in [6.45, 7) is 0. The first-order chi connectivity index (χ1) is 18.4. The molecule has 0 fully saturated rings. The maximum absolute atomic E-state index is 13.1. The van der Waals surface area contributed by atoms with E-state index in [4.69, 9.17) is 23.7 Å². The van der Waals surface area contributed by atoms with Crippen LogP contribution in [0.25, 0.3) is 12.2 Å². The second-order valence-electron chi connectivity index (χ2n) is 7.71. The predicted molar refractivity (Wildman–Crippen MR) is 139 cm³/mol. The van der Waals surface area contributed by atoms with Crippen molar-refractivity contribution < 1.29 is 50.0 Å². The number of sulfonamides is 1. The zero-order valence-corrected chi connectivity index (χ0v) is 22.4. The Labute approximate surface area is 223 Å². The van der Waals surface area contributed by atoms with Crippen LogP contribution in [0.4, 0.5) is 18.9 Å². The molecule has 0 atom stereocenters. The molecule has 0 aliphatic rings. The Morgan fingerprint density at radius 3 is 1.87 bits per heavy atom. The lowest BCUT2D eigenvalue weighted by atomic mass is 10.1. The zero-order valence-electron chi connectivity index (χ0n) is 21.6. The van der Waals surface area contributed by atoms with E-state index in [1.165, 1.54) is 47.7 Å². The topological polar surface area (TPSA) is 102 Å². The fourth-order valence-corrected chi connectivity index (χ4v) is 4.66. The van der Waals surface area contributed by atoms with Crippen molar-refractivity contribution in [3.05, 3.63) is 59.7 Å². The summed E-state index contributed by atoms with van der Waals surface area (Å²) in [7, 11) is 2.86. The molecule has 3 rings (SSSR count). The number of hydrogen-bond acceptors (Lipinski definition) is 8. The van der Waals surface area contributed by atoms with Gasteiger partial charge in [0, 0.05) is 17.7 Å². The van der Waals surface area contributed by atoms with Crippen molar-refractivity contribution in [3.63, 3.8) is 0 Å². The van der Waals surface area contributed by atoms with E-state index in [0.29, 0.717) is 34.1 Å². The average Bonchev–Trinajstić information content (AvgIpc) is 2.90.